The lowest BCUT2D eigenvalue weighted by Gasteiger charge is -2.28. The summed E-state index contributed by atoms with van der Waals surface area (Å²) in [5.41, 5.74) is 0. The average molecular weight is 329 g/mol. The lowest BCUT2D eigenvalue weighted by atomic mass is 9.98. The zero-order valence-electron chi connectivity index (χ0n) is 13.1. The molecule has 1 saturated heterocycles. The SMILES string of the molecule is CN1CCCC(c2nnc3sc(COc4ccccc4)nn23)C1. The molecule has 1 aromatic carbocycles. The molecule has 0 aliphatic carbocycles. The molecule has 6 nitrogen and oxygen atoms in total. The molecule has 0 bridgehead atoms. The van der Waals surface area contributed by atoms with E-state index in [1.165, 1.54) is 6.42 Å². The van der Waals surface area contributed by atoms with E-state index in [1.54, 1.807) is 11.3 Å². The summed E-state index contributed by atoms with van der Waals surface area (Å²) in [6, 6.07) is 9.80. The Balaban J connectivity index is 1.52. The highest BCUT2D eigenvalue weighted by Crippen LogP contribution is 2.26. The second kappa shape index (κ2) is 6.25. The van der Waals surface area contributed by atoms with E-state index >= 15 is 0 Å². The smallest absolute Gasteiger partial charge is 0.234 e. The zero-order valence-corrected chi connectivity index (χ0v) is 13.9. The van der Waals surface area contributed by atoms with Crippen molar-refractivity contribution in [1.29, 1.82) is 0 Å². The van der Waals surface area contributed by atoms with Crippen LogP contribution < -0.4 is 4.74 Å². The van der Waals surface area contributed by atoms with Crippen molar-refractivity contribution in [2.24, 2.45) is 0 Å². The van der Waals surface area contributed by atoms with Gasteiger partial charge in [-0.25, -0.2) is 0 Å². The van der Waals surface area contributed by atoms with E-state index in [0.717, 1.165) is 41.1 Å². The van der Waals surface area contributed by atoms with Crippen molar-refractivity contribution in [3.63, 3.8) is 0 Å². The summed E-state index contributed by atoms with van der Waals surface area (Å²) in [5, 5.41) is 14.2. The van der Waals surface area contributed by atoms with E-state index in [-0.39, 0.29) is 0 Å². The fraction of sp³-hybridized carbons (Fsp3) is 0.438. The number of hydrogen-bond donors (Lipinski definition) is 0. The fourth-order valence-corrected chi connectivity index (χ4v) is 3.78. The molecular formula is C16H19N5OS. The van der Waals surface area contributed by atoms with Crippen molar-refractivity contribution in [2.75, 3.05) is 20.1 Å². The normalized spacial score (nSPS) is 19.3. The van der Waals surface area contributed by atoms with Crippen molar-refractivity contribution in [2.45, 2.75) is 25.4 Å². The van der Waals surface area contributed by atoms with Crippen LogP contribution in [0.15, 0.2) is 30.3 Å². The maximum absolute atomic E-state index is 5.77. The molecule has 0 saturated carbocycles. The van der Waals surface area contributed by atoms with Gasteiger partial charge in [0.25, 0.3) is 0 Å². The third-order valence-electron chi connectivity index (χ3n) is 4.15. The van der Waals surface area contributed by atoms with Crippen LogP contribution in [0, 0.1) is 0 Å². The lowest BCUT2D eigenvalue weighted by Crippen LogP contribution is -2.31. The number of nitrogens with zero attached hydrogens (tertiary/aromatic N) is 5. The first-order chi connectivity index (χ1) is 11.3. The van der Waals surface area contributed by atoms with Gasteiger partial charge in [0.1, 0.15) is 12.4 Å². The van der Waals surface area contributed by atoms with E-state index in [2.05, 4.69) is 27.2 Å². The average Bonchev–Trinajstić information content (AvgIpc) is 3.14. The summed E-state index contributed by atoms with van der Waals surface area (Å²) in [5.74, 6) is 2.25. The van der Waals surface area contributed by atoms with Crippen LogP contribution in [-0.4, -0.2) is 44.8 Å². The number of aromatic nitrogens is 4. The van der Waals surface area contributed by atoms with Crippen LogP contribution >= 0.6 is 11.3 Å². The second-order valence-corrected chi connectivity index (χ2v) is 6.99. The number of hydrogen-bond acceptors (Lipinski definition) is 6. The third kappa shape index (κ3) is 3.07. The van der Waals surface area contributed by atoms with Gasteiger partial charge in [0, 0.05) is 12.5 Å². The summed E-state index contributed by atoms with van der Waals surface area (Å²) < 4.78 is 7.67. The minimum Gasteiger partial charge on any atom is -0.486 e. The Kier molecular flexibility index (Phi) is 3.97. The highest BCUT2D eigenvalue weighted by molar-refractivity contribution is 7.16. The maximum atomic E-state index is 5.77. The van der Waals surface area contributed by atoms with Gasteiger partial charge in [0.05, 0.1) is 0 Å². The molecule has 3 aromatic rings. The minimum atomic E-state index is 0.411. The lowest BCUT2D eigenvalue weighted by molar-refractivity contribution is 0.244. The molecule has 23 heavy (non-hydrogen) atoms. The standard InChI is InChI=1S/C16H19N5OS/c1-20-9-5-6-12(10-20)15-17-18-16-21(15)19-14(23-16)11-22-13-7-3-2-4-8-13/h2-4,7-8,12H,5-6,9-11H2,1H3. The molecule has 4 rings (SSSR count). The molecule has 7 heteroatoms. The summed E-state index contributed by atoms with van der Waals surface area (Å²) in [6.45, 7) is 2.64. The van der Waals surface area contributed by atoms with Gasteiger partial charge in [-0.1, -0.05) is 29.5 Å². The number of rotatable bonds is 4. The first-order valence-electron chi connectivity index (χ1n) is 7.87. The molecule has 0 radical (unpaired) electrons. The third-order valence-corrected chi connectivity index (χ3v) is 5.02. The van der Waals surface area contributed by atoms with E-state index < -0.39 is 0 Å². The van der Waals surface area contributed by atoms with Crippen LogP contribution in [0.3, 0.4) is 0 Å². The van der Waals surface area contributed by atoms with E-state index in [1.807, 2.05) is 34.8 Å². The van der Waals surface area contributed by atoms with E-state index in [9.17, 15) is 0 Å². The van der Waals surface area contributed by atoms with Crippen LogP contribution in [0.25, 0.3) is 4.96 Å². The van der Waals surface area contributed by atoms with Crippen LogP contribution in [0.2, 0.25) is 0 Å². The first-order valence-corrected chi connectivity index (χ1v) is 8.68. The molecule has 120 valence electrons. The highest BCUT2D eigenvalue weighted by atomic mass is 32.1. The van der Waals surface area contributed by atoms with Gasteiger partial charge in [-0.05, 0) is 38.6 Å². The summed E-state index contributed by atoms with van der Waals surface area (Å²) >= 11 is 1.54. The van der Waals surface area contributed by atoms with Gasteiger partial charge in [0.15, 0.2) is 10.8 Å². The molecule has 3 heterocycles. The Morgan fingerprint density at radius 1 is 1.26 bits per heavy atom. The van der Waals surface area contributed by atoms with Crippen LogP contribution in [0.5, 0.6) is 5.75 Å². The van der Waals surface area contributed by atoms with Crippen molar-refractivity contribution in [3.8, 4) is 5.75 Å². The molecule has 0 N–H and O–H groups in total. The first kappa shape index (κ1) is 14.6. The number of benzene rings is 1. The van der Waals surface area contributed by atoms with Crippen LogP contribution in [-0.2, 0) is 6.61 Å². The number of piperidine rings is 1. The number of para-hydroxylation sites is 1. The van der Waals surface area contributed by atoms with Crippen molar-refractivity contribution < 1.29 is 4.74 Å². The van der Waals surface area contributed by atoms with Crippen molar-refractivity contribution >= 4 is 16.3 Å². The monoisotopic (exact) mass is 329 g/mol. The van der Waals surface area contributed by atoms with E-state index in [4.69, 9.17) is 4.74 Å². The summed E-state index contributed by atoms with van der Waals surface area (Å²) in [6.07, 6.45) is 2.35. The highest BCUT2D eigenvalue weighted by Gasteiger charge is 2.25. The molecule has 1 atom stereocenters. The van der Waals surface area contributed by atoms with Crippen LogP contribution in [0.1, 0.15) is 29.6 Å². The molecule has 1 aliphatic heterocycles. The Morgan fingerprint density at radius 2 is 2.13 bits per heavy atom. The Labute approximate surface area is 138 Å². The predicted octanol–water partition coefficient (Wildman–Crippen LogP) is 2.57. The number of likely N-dealkylation sites (N-methyl/N-ethyl adjacent to an activating group) is 1. The molecule has 0 amide bonds. The van der Waals surface area contributed by atoms with Crippen molar-refractivity contribution in [1.82, 2.24) is 24.7 Å². The largest absolute Gasteiger partial charge is 0.486 e. The van der Waals surface area contributed by atoms with Gasteiger partial charge in [-0.3, -0.25) is 0 Å². The molecule has 2 aromatic heterocycles. The zero-order chi connectivity index (χ0) is 15.6. The van der Waals surface area contributed by atoms with Gasteiger partial charge in [-0.15, -0.1) is 10.2 Å². The summed E-state index contributed by atoms with van der Waals surface area (Å²) in [7, 11) is 2.16. The quantitative estimate of drug-likeness (QED) is 0.736. The van der Waals surface area contributed by atoms with Gasteiger partial charge in [-0.2, -0.15) is 9.61 Å². The number of fused-ring (bicyclic) bond motifs is 1. The molecule has 0 spiro atoms. The molecule has 1 aliphatic rings. The number of ether oxygens (including phenoxy) is 1. The molecule has 1 unspecified atom stereocenters. The van der Waals surface area contributed by atoms with Crippen molar-refractivity contribution in [3.05, 3.63) is 41.2 Å². The van der Waals surface area contributed by atoms with Crippen LogP contribution in [0.4, 0.5) is 0 Å². The van der Waals surface area contributed by atoms with Gasteiger partial charge >= 0.3 is 0 Å². The summed E-state index contributed by atoms with van der Waals surface area (Å²) in [4.78, 5) is 3.20. The van der Waals surface area contributed by atoms with E-state index in [0.29, 0.717) is 12.5 Å². The Morgan fingerprint density at radius 3 is 2.96 bits per heavy atom. The Hall–Kier alpha value is -1.99. The fourth-order valence-electron chi connectivity index (χ4n) is 3.02. The second-order valence-electron chi connectivity index (χ2n) is 5.95. The Bertz CT molecular complexity index is 784. The van der Waals surface area contributed by atoms with Gasteiger partial charge in [0.2, 0.25) is 4.96 Å². The van der Waals surface area contributed by atoms with Gasteiger partial charge < -0.3 is 9.64 Å². The topological polar surface area (TPSA) is 55.5 Å². The predicted molar refractivity (Wildman–Crippen MR) is 88.9 cm³/mol. The molecular weight excluding hydrogens is 310 g/mol. The number of likely N-dealkylation sites (tertiary alicyclic amines) is 1. The minimum absolute atomic E-state index is 0.411. The maximum Gasteiger partial charge on any atom is 0.234 e. The molecule has 1 fully saturated rings.